The average Bonchev–Trinajstić information content (AvgIpc) is 2.82. The highest BCUT2D eigenvalue weighted by atomic mass is 79.9. The molecule has 0 bridgehead atoms. The van der Waals surface area contributed by atoms with Gasteiger partial charge < -0.3 is 5.32 Å². The van der Waals surface area contributed by atoms with Gasteiger partial charge in [0.2, 0.25) is 0 Å². The predicted molar refractivity (Wildman–Crippen MR) is 92.7 cm³/mol. The standard InChI is InChI=1S/C17H22BrNS/c1-3-8-19-15(12-17-16(18)7-9-20-17)11-14-6-4-5-13(2)10-14/h4-7,9-10,15,19H,3,8,11-12H2,1-2H3. The van der Waals surface area contributed by atoms with E-state index in [9.17, 15) is 0 Å². The molecule has 1 aromatic heterocycles. The minimum atomic E-state index is 0.506. The smallest absolute Gasteiger partial charge is 0.0314 e. The van der Waals surface area contributed by atoms with Gasteiger partial charge in [0.15, 0.2) is 0 Å². The van der Waals surface area contributed by atoms with Crippen LogP contribution >= 0.6 is 27.3 Å². The van der Waals surface area contributed by atoms with E-state index in [1.54, 1.807) is 0 Å². The molecule has 2 rings (SSSR count). The van der Waals surface area contributed by atoms with E-state index in [2.05, 4.69) is 70.8 Å². The summed E-state index contributed by atoms with van der Waals surface area (Å²) in [6, 6.07) is 11.5. The fourth-order valence-corrected chi connectivity index (χ4v) is 3.98. The SMILES string of the molecule is CCCNC(Cc1cccc(C)c1)Cc1sccc1Br. The van der Waals surface area contributed by atoms with Crippen LogP contribution in [0.4, 0.5) is 0 Å². The lowest BCUT2D eigenvalue weighted by Crippen LogP contribution is -2.33. The van der Waals surface area contributed by atoms with Crippen molar-refractivity contribution in [1.29, 1.82) is 0 Å². The van der Waals surface area contributed by atoms with E-state index in [1.165, 1.54) is 26.9 Å². The Hall–Kier alpha value is -0.640. The maximum absolute atomic E-state index is 3.69. The summed E-state index contributed by atoms with van der Waals surface area (Å²) in [5, 5.41) is 5.84. The van der Waals surface area contributed by atoms with Gasteiger partial charge in [-0.3, -0.25) is 0 Å². The molecule has 1 atom stereocenters. The van der Waals surface area contributed by atoms with E-state index in [-0.39, 0.29) is 0 Å². The Morgan fingerprint density at radius 3 is 2.75 bits per heavy atom. The Balaban J connectivity index is 2.05. The number of aryl methyl sites for hydroxylation is 1. The second-order valence-corrected chi connectivity index (χ2v) is 7.10. The number of hydrogen-bond acceptors (Lipinski definition) is 2. The Morgan fingerprint density at radius 2 is 2.10 bits per heavy atom. The zero-order valence-electron chi connectivity index (χ0n) is 12.2. The summed E-state index contributed by atoms with van der Waals surface area (Å²) in [5.74, 6) is 0. The second kappa shape index (κ2) is 7.96. The first-order valence-corrected chi connectivity index (χ1v) is 8.87. The summed E-state index contributed by atoms with van der Waals surface area (Å²) in [5.41, 5.74) is 2.76. The molecule has 0 saturated carbocycles. The molecule has 0 spiro atoms. The van der Waals surface area contributed by atoms with Crippen molar-refractivity contribution in [1.82, 2.24) is 5.32 Å². The number of thiophene rings is 1. The highest BCUT2D eigenvalue weighted by molar-refractivity contribution is 9.10. The molecular formula is C17H22BrNS. The minimum absolute atomic E-state index is 0.506. The molecular weight excluding hydrogens is 330 g/mol. The van der Waals surface area contributed by atoms with Crippen LogP contribution in [0.25, 0.3) is 0 Å². The van der Waals surface area contributed by atoms with Crippen molar-refractivity contribution in [3.05, 3.63) is 56.2 Å². The zero-order chi connectivity index (χ0) is 14.4. The van der Waals surface area contributed by atoms with E-state index >= 15 is 0 Å². The number of benzene rings is 1. The molecule has 108 valence electrons. The van der Waals surface area contributed by atoms with Gasteiger partial charge in [0.1, 0.15) is 0 Å². The van der Waals surface area contributed by atoms with Crippen molar-refractivity contribution in [2.75, 3.05) is 6.54 Å². The first kappa shape index (κ1) is 15.7. The summed E-state index contributed by atoms with van der Waals surface area (Å²) in [7, 11) is 0. The number of nitrogens with one attached hydrogen (secondary N) is 1. The third-order valence-electron chi connectivity index (χ3n) is 3.37. The van der Waals surface area contributed by atoms with Crippen LogP contribution in [0, 0.1) is 6.92 Å². The summed E-state index contributed by atoms with van der Waals surface area (Å²) in [6.45, 7) is 5.46. The molecule has 1 aromatic carbocycles. The zero-order valence-corrected chi connectivity index (χ0v) is 14.6. The molecule has 0 fully saturated rings. The van der Waals surface area contributed by atoms with Crippen LogP contribution in [-0.2, 0) is 12.8 Å². The fraction of sp³-hybridized carbons (Fsp3) is 0.412. The molecule has 1 N–H and O–H groups in total. The summed E-state index contributed by atoms with van der Waals surface area (Å²) in [6.07, 6.45) is 3.36. The Bertz CT molecular complexity index is 535. The maximum Gasteiger partial charge on any atom is 0.0314 e. The van der Waals surface area contributed by atoms with Gasteiger partial charge in [-0.15, -0.1) is 11.3 Å². The Labute approximate surface area is 134 Å². The van der Waals surface area contributed by atoms with Gasteiger partial charge in [-0.25, -0.2) is 0 Å². The third kappa shape index (κ3) is 4.72. The summed E-state index contributed by atoms with van der Waals surface area (Å²) < 4.78 is 1.25. The largest absolute Gasteiger partial charge is 0.313 e. The van der Waals surface area contributed by atoms with E-state index in [0.29, 0.717) is 6.04 Å². The van der Waals surface area contributed by atoms with Gasteiger partial charge in [0.05, 0.1) is 0 Å². The molecule has 0 aliphatic carbocycles. The van der Waals surface area contributed by atoms with Crippen LogP contribution < -0.4 is 5.32 Å². The molecule has 1 unspecified atom stereocenters. The molecule has 1 nitrogen and oxygen atoms in total. The minimum Gasteiger partial charge on any atom is -0.313 e. The third-order valence-corrected chi connectivity index (χ3v) is 5.32. The van der Waals surface area contributed by atoms with Gasteiger partial charge in [-0.05, 0) is 65.7 Å². The van der Waals surface area contributed by atoms with Crippen LogP contribution in [0.2, 0.25) is 0 Å². The molecule has 3 heteroatoms. The number of rotatable bonds is 7. The van der Waals surface area contributed by atoms with Crippen LogP contribution in [0.15, 0.2) is 40.2 Å². The van der Waals surface area contributed by atoms with Crippen molar-refractivity contribution in [3.63, 3.8) is 0 Å². The number of hydrogen-bond donors (Lipinski definition) is 1. The topological polar surface area (TPSA) is 12.0 Å². The first-order valence-electron chi connectivity index (χ1n) is 7.20. The van der Waals surface area contributed by atoms with Crippen molar-refractivity contribution in [2.24, 2.45) is 0 Å². The van der Waals surface area contributed by atoms with E-state index in [0.717, 1.165) is 19.4 Å². The van der Waals surface area contributed by atoms with Crippen molar-refractivity contribution >= 4 is 27.3 Å². The highest BCUT2D eigenvalue weighted by Gasteiger charge is 2.13. The van der Waals surface area contributed by atoms with Crippen LogP contribution in [-0.4, -0.2) is 12.6 Å². The predicted octanol–water partition coefficient (Wildman–Crippen LogP) is 4.97. The molecule has 2 aromatic rings. The van der Waals surface area contributed by atoms with E-state index in [4.69, 9.17) is 0 Å². The van der Waals surface area contributed by atoms with Crippen LogP contribution in [0.5, 0.6) is 0 Å². The molecule has 0 radical (unpaired) electrons. The molecule has 0 amide bonds. The lowest BCUT2D eigenvalue weighted by molar-refractivity contribution is 0.507. The molecule has 1 heterocycles. The highest BCUT2D eigenvalue weighted by Crippen LogP contribution is 2.24. The fourth-order valence-electron chi connectivity index (χ4n) is 2.38. The lowest BCUT2D eigenvalue weighted by atomic mass is 10.0. The molecule has 0 saturated heterocycles. The first-order chi connectivity index (χ1) is 9.69. The quantitative estimate of drug-likeness (QED) is 0.742. The van der Waals surface area contributed by atoms with Gasteiger partial charge >= 0.3 is 0 Å². The second-order valence-electron chi connectivity index (χ2n) is 5.24. The van der Waals surface area contributed by atoms with Crippen LogP contribution in [0.1, 0.15) is 29.3 Å². The number of halogens is 1. The van der Waals surface area contributed by atoms with Gasteiger partial charge in [-0.1, -0.05) is 36.8 Å². The van der Waals surface area contributed by atoms with Crippen LogP contribution in [0.3, 0.4) is 0 Å². The lowest BCUT2D eigenvalue weighted by Gasteiger charge is -2.18. The molecule has 0 aliphatic rings. The maximum atomic E-state index is 3.69. The van der Waals surface area contributed by atoms with Gasteiger partial charge in [-0.2, -0.15) is 0 Å². The van der Waals surface area contributed by atoms with Gasteiger partial charge in [0.25, 0.3) is 0 Å². The Kier molecular flexibility index (Phi) is 6.27. The van der Waals surface area contributed by atoms with Gasteiger partial charge in [0, 0.05) is 15.4 Å². The molecule has 20 heavy (non-hydrogen) atoms. The summed E-state index contributed by atoms with van der Waals surface area (Å²) >= 11 is 5.48. The normalized spacial score (nSPS) is 12.6. The van der Waals surface area contributed by atoms with Crippen molar-refractivity contribution in [3.8, 4) is 0 Å². The Morgan fingerprint density at radius 1 is 1.25 bits per heavy atom. The monoisotopic (exact) mass is 351 g/mol. The van der Waals surface area contributed by atoms with Crippen molar-refractivity contribution in [2.45, 2.75) is 39.2 Å². The van der Waals surface area contributed by atoms with Crippen molar-refractivity contribution < 1.29 is 0 Å². The van der Waals surface area contributed by atoms with E-state index < -0.39 is 0 Å². The summed E-state index contributed by atoms with van der Waals surface area (Å²) in [4.78, 5) is 1.44. The van der Waals surface area contributed by atoms with E-state index in [1.807, 2.05) is 11.3 Å². The molecule has 0 aliphatic heterocycles. The average molecular weight is 352 g/mol.